The highest BCUT2D eigenvalue weighted by molar-refractivity contribution is 5.47. The maximum atomic E-state index is 3.44. The van der Waals surface area contributed by atoms with Gasteiger partial charge in [-0.3, -0.25) is 0 Å². The molecule has 16 heavy (non-hydrogen) atoms. The van der Waals surface area contributed by atoms with E-state index in [1.807, 2.05) is 0 Å². The standard InChI is InChI=1S/C15H19N/c1-2-4-15-13(3-1)5-6-14(15)11-12-7-9-16-10-8-12/h1-6,12,15-16H,7-11H2. The predicted octanol–water partition coefficient (Wildman–Crippen LogP) is 2.98. The molecule has 1 unspecified atom stereocenters. The van der Waals surface area contributed by atoms with Crippen molar-refractivity contribution in [1.29, 1.82) is 0 Å². The largest absolute Gasteiger partial charge is 0.317 e. The number of piperidine rings is 1. The lowest BCUT2D eigenvalue weighted by Crippen LogP contribution is -2.28. The molecule has 1 saturated heterocycles. The summed E-state index contributed by atoms with van der Waals surface area (Å²) in [5, 5.41) is 3.44. The molecule has 0 saturated carbocycles. The summed E-state index contributed by atoms with van der Waals surface area (Å²) in [6.07, 6.45) is 17.5. The Morgan fingerprint density at radius 3 is 2.88 bits per heavy atom. The molecule has 1 nitrogen and oxygen atoms in total. The third kappa shape index (κ3) is 1.92. The molecule has 1 aliphatic heterocycles. The topological polar surface area (TPSA) is 12.0 Å². The van der Waals surface area contributed by atoms with Crippen LogP contribution >= 0.6 is 0 Å². The first-order valence-corrected chi connectivity index (χ1v) is 6.40. The van der Waals surface area contributed by atoms with Gasteiger partial charge in [0.1, 0.15) is 0 Å². The van der Waals surface area contributed by atoms with E-state index in [1.165, 1.54) is 37.9 Å². The third-order valence-corrected chi connectivity index (χ3v) is 3.93. The molecule has 2 aliphatic carbocycles. The summed E-state index contributed by atoms with van der Waals surface area (Å²) in [7, 11) is 0. The van der Waals surface area contributed by atoms with Gasteiger partial charge < -0.3 is 5.32 Å². The minimum atomic E-state index is 0.597. The van der Waals surface area contributed by atoms with Crippen molar-refractivity contribution in [3.05, 3.63) is 47.6 Å². The summed E-state index contributed by atoms with van der Waals surface area (Å²) in [6.45, 7) is 2.41. The van der Waals surface area contributed by atoms with Gasteiger partial charge >= 0.3 is 0 Å². The average molecular weight is 213 g/mol. The van der Waals surface area contributed by atoms with Crippen molar-refractivity contribution in [3.8, 4) is 0 Å². The van der Waals surface area contributed by atoms with Crippen LogP contribution in [0, 0.1) is 11.8 Å². The van der Waals surface area contributed by atoms with E-state index in [1.54, 1.807) is 5.57 Å². The van der Waals surface area contributed by atoms with Gasteiger partial charge in [-0.2, -0.15) is 0 Å². The zero-order valence-corrected chi connectivity index (χ0v) is 9.65. The number of nitrogens with one attached hydrogen (secondary N) is 1. The zero-order chi connectivity index (χ0) is 10.8. The molecule has 0 amide bonds. The summed E-state index contributed by atoms with van der Waals surface area (Å²) >= 11 is 0. The molecule has 1 atom stereocenters. The van der Waals surface area contributed by atoms with Gasteiger partial charge in [0.25, 0.3) is 0 Å². The Morgan fingerprint density at radius 2 is 2.00 bits per heavy atom. The summed E-state index contributed by atoms with van der Waals surface area (Å²) in [5.74, 6) is 1.50. The van der Waals surface area contributed by atoms with Crippen LogP contribution in [-0.2, 0) is 0 Å². The fourth-order valence-corrected chi connectivity index (χ4v) is 2.97. The second-order valence-corrected chi connectivity index (χ2v) is 5.03. The van der Waals surface area contributed by atoms with E-state index in [4.69, 9.17) is 0 Å². The van der Waals surface area contributed by atoms with Crippen LogP contribution in [0.3, 0.4) is 0 Å². The lowest BCUT2D eigenvalue weighted by Gasteiger charge is -2.25. The Hall–Kier alpha value is -1.08. The van der Waals surface area contributed by atoms with Crippen molar-refractivity contribution in [2.24, 2.45) is 11.8 Å². The Labute approximate surface area is 97.6 Å². The smallest absolute Gasteiger partial charge is 0.0234 e. The maximum Gasteiger partial charge on any atom is 0.0234 e. The number of hydrogen-bond donors (Lipinski definition) is 1. The van der Waals surface area contributed by atoms with Crippen LogP contribution in [0.25, 0.3) is 0 Å². The molecule has 1 heterocycles. The van der Waals surface area contributed by atoms with Crippen LogP contribution in [0.15, 0.2) is 47.6 Å². The lowest BCUT2D eigenvalue weighted by atomic mass is 9.84. The summed E-state index contributed by atoms with van der Waals surface area (Å²) in [6, 6.07) is 0. The Balaban J connectivity index is 1.64. The Morgan fingerprint density at radius 1 is 1.12 bits per heavy atom. The van der Waals surface area contributed by atoms with Gasteiger partial charge in [-0.05, 0) is 43.8 Å². The highest BCUT2D eigenvalue weighted by Crippen LogP contribution is 2.36. The first-order valence-electron chi connectivity index (χ1n) is 6.40. The van der Waals surface area contributed by atoms with E-state index < -0.39 is 0 Å². The van der Waals surface area contributed by atoms with E-state index in [2.05, 4.69) is 41.8 Å². The van der Waals surface area contributed by atoms with Gasteiger partial charge in [-0.25, -0.2) is 0 Å². The van der Waals surface area contributed by atoms with E-state index in [-0.39, 0.29) is 0 Å². The fourth-order valence-electron chi connectivity index (χ4n) is 2.97. The van der Waals surface area contributed by atoms with Gasteiger partial charge in [0, 0.05) is 5.92 Å². The number of allylic oxidation sites excluding steroid dienone is 8. The van der Waals surface area contributed by atoms with Crippen LogP contribution in [0.4, 0.5) is 0 Å². The van der Waals surface area contributed by atoms with Gasteiger partial charge in [0.05, 0.1) is 0 Å². The molecule has 84 valence electrons. The fraction of sp³-hybridized carbons (Fsp3) is 0.467. The second-order valence-electron chi connectivity index (χ2n) is 5.03. The molecular formula is C15H19N. The molecule has 3 aliphatic rings. The summed E-state index contributed by atoms with van der Waals surface area (Å²) in [5.41, 5.74) is 3.11. The van der Waals surface area contributed by atoms with E-state index in [0.29, 0.717) is 5.92 Å². The van der Waals surface area contributed by atoms with Crippen molar-refractivity contribution < 1.29 is 0 Å². The molecule has 0 bridgehead atoms. The second kappa shape index (κ2) is 4.42. The zero-order valence-electron chi connectivity index (χ0n) is 9.65. The minimum Gasteiger partial charge on any atom is -0.317 e. The highest BCUT2D eigenvalue weighted by Gasteiger charge is 2.23. The number of fused-ring (bicyclic) bond motifs is 1. The van der Waals surface area contributed by atoms with E-state index in [9.17, 15) is 0 Å². The molecule has 0 radical (unpaired) electrons. The molecular weight excluding hydrogens is 194 g/mol. The summed E-state index contributed by atoms with van der Waals surface area (Å²) in [4.78, 5) is 0. The highest BCUT2D eigenvalue weighted by atomic mass is 14.9. The monoisotopic (exact) mass is 213 g/mol. The quantitative estimate of drug-likeness (QED) is 0.743. The van der Waals surface area contributed by atoms with Crippen LogP contribution in [-0.4, -0.2) is 13.1 Å². The Bertz CT molecular complexity index is 378. The molecule has 1 heteroatoms. The molecule has 1 fully saturated rings. The van der Waals surface area contributed by atoms with Crippen LogP contribution in [0.1, 0.15) is 19.3 Å². The lowest BCUT2D eigenvalue weighted by molar-refractivity contribution is 0.368. The Kier molecular flexibility index (Phi) is 2.79. The third-order valence-electron chi connectivity index (χ3n) is 3.93. The molecule has 0 aromatic heterocycles. The number of rotatable bonds is 2. The van der Waals surface area contributed by atoms with Crippen molar-refractivity contribution in [2.75, 3.05) is 13.1 Å². The van der Waals surface area contributed by atoms with Gasteiger partial charge in [-0.1, -0.05) is 42.0 Å². The van der Waals surface area contributed by atoms with Crippen LogP contribution in [0.2, 0.25) is 0 Å². The molecule has 1 N–H and O–H groups in total. The summed E-state index contributed by atoms with van der Waals surface area (Å²) < 4.78 is 0. The minimum absolute atomic E-state index is 0.597. The molecule has 0 aromatic carbocycles. The normalized spacial score (nSPS) is 28.9. The van der Waals surface area contributed by atoms with Crippen LogP contribution in [0.5, 0.6) is 0 Å². The average Bonchev–Trinajstić information content (AvgIpc) is 2.74. The van der Waals surface area contributed by atoms with Gasteiger partial charge in [0.2, 0.25) is 0 Å². The predicted molar refractivity (Wildman–Crippen MR) is 68.1 cm³/mol. The molecule has 0 spiro atoms. The molecule has 0 aromatic rings. The first kappa shape index (κ1) is 10.1. The van der Waals surface area contributed by atoms with E-state index in [0.717, 1.165) is 5.92 Å². The van der Waals surface area contributed by atoms with Gasteiger partial charge in [0.15, 0.2) is 0 Å². The van der Waals surface area contributed by atoms with Crippen molar-refractivity contribution in [1.82, 2.24) is 5.32 Å². The number of hydrogen-bond acceptors (Lipinski definition) is 1. The molecule has 3 rings (SSSR count). The van der Waals surface area contributed by atoms with Crippen LogP contribution < -0.4 is 5.32 Å². The van der Waals surface area contributed by atoms with E-state index >= 15 is 0 Å². The van der Waals surface area contributed by atoms with Crippen molar-refractivity contribution >= 4 is 0 Å². The van der Waals surface area contributed by atoms with Crippen molar-refractivity contribution in [2.45, 2.75) is 19.3 Å². The SMILES string of the molecule is C1=CC2=CC=C(CC3CCNCC3)C2C=C1. The first-order chi connectivity index (χ1) is 7.93. The maximum absolute atomic E-state index is 3.44. The van der Waals surface area contributed by atoms with Crippen molar-refractivity contribution in [3.63, 3.8) is 0 Å². The van der Waals surface area contributed by atoms with Gasteiger partial charge in [-0.15, -0.1) is 0 Å².